The maximum absolute atomic E-state index is 5.81. The second-order valence-corrected chi connectivity index (χ2v) is 4.16. The number of hydrogen-bond donors (Lipinski definition) is 0. The van der Waals surface area contributed by atoms with Gasteiger partial charge in [0.15, 0.2) is 11.5 Å². The average Bonchev–Trinajstić information content (AvgIpc) is 2.31. The van der Waals surface area contributed by atoms with Gasteiger partial charge in [-0.15, -0.1) is 6.58 Å². The van der Waals surface area contributed by atoms with Crippen LogP contribution in [-0.2, 0) is 6.42 Å². The van der Waals surface area contributed by atoms with Crippen molar-refractivity contribution < 1.29 is 9.47 Å². The fourth-order valence-electron chi connectivity index (χ4n) is 1.39. The molecule has 3 nitrogen and oxygen atoms in total. The normalized spacial score (nSPS) is 12.3. The molecule has 17 heavy (non-hydrogen) atoms. The Morgan fingerprint density at radius 3 is 2.59 bits per heavy atom. The maximum Gasteiger partial charge on any atom is 0.163 e. The van der Waals surface area contributed by atoms with Crippen LogP contribution in [0.4, 0.5) is 0 Å². The zero-order valence-electron chi connectivity index (χ0n) is 11.1. The summed E-state index contributed by atoms with van der Waals surface area (Å²) in [6.07, 6.45) is 2.71. The van der Waals surface area contributed by atoms with Gasteiger partial charge in [0.25, 0.3) is 0 Å². The molecule has 94 valence electrons. The lowest BCUT2D eigenvalue weighted by Crippen LogP contribution is -2.30. The number of nitrogens with zero attached hydrogens (tertiary/aromatic N) is 1. The van der Waals surface area contributed by atoms with E-state index in [-0.39, 0.29) is 6.23 Å². The van der Waals surface area contributed by atoms with Crippen molar-refractivity contribution in [2.45, 2.75) is 19.6 Å². The molecule has 0 bridgehead atoms. The van der Waals surface area contributed by atoms with Crippen LogP contribution in [0, 0.1) is 0 Å². The Kier molecular flexibility index (Phi) is 5.04. The molecule has 1 unspecified atom stereocenters. The molecule has 0 radical (unpaired) electrons. The van der Waals surface area contributed by atoms with Crippen molar-refractivity contribution in [1.82, 2.24) is 4.90 Å². The zero-order chi connectivity index (χ0) is 12.8. The summed E-state index contributed by atoms with van der Waals surface area (Å²) < 4.78 is 11.1. The standard InChI is InChI=1S/C14H21NO2/c1-6-7-12-8-9-13(14(10-12)16-5)17-11(2)15(3)4/h6,8-11H,1,7H2,2-5H3. The Hall–Kier alpha value is -1.48. The second kappa shape index (κ2) is 6.30. The Morgan fingerprint density at radius 1 is 1.35 bits per heavy atom. The van der Waals surface area contributed by atoms with E-state index in [2.05, 4.69) is 6.58 Å². The van der Waals surface area contributed by atoms with E-state index in [4.69, 9.17) is 9.47 Å². The minimum atomic E-state index is 0.00848. The molecule has 3 heteroatoms. The summed E-state index contributed by atoms with van der Waals surface area (Å²) in [7, 11) is 5.60. The highest BCUT2D eigenvalue weighted by Gasteiger charge is 2.10. The van der Waals surface area contributed by atoms with E-state index in [0.717, 1.165) is 17.9 Å². The maximum atomic E-state index is 5.81. The van der Waals surface area contributed by atoms with Crippen LogP contribution in [0.1, 0.15) is 12.5 Å². The van der Waals surface area contributed by atoms with Gasteiger partial charge in [-0.3, -0.25) is 4.90 Å². The first-order valence-corrected chi connectivity index (χ1v) is 5.69. The third-order valence-electron chi connectivity index (χ3n) is 2.63. The lowest BCUT2D eigenvalue weighted by atomic mass is 10.1. The summed E-state index contributed by atoms with van der Waals surface area (Å²) in [5, 5.41) is 0. The molecule has 1 aromatic rings. The third-order valence-corrected chi connectivity index (χ3v) is 2.63. The molecule has 0 N–H and O–H groups in total. The number of rotatable bonds is 6. The number of methoxy groups -OCH3 is 1. The molecule has 0 saturated heterocycles. The largest absolute Gasteiger partial charge is 0.493 e. The monoisotopic (exact) mass is 235 g/mol. The average molecular weight is 235 g/mol. The number of allylic oxidation sites excluding steroid dienone is 1. The summed E-state index contributed by atoms with van der Waals surface area (Å²) in [5.74, 6) is 1.53. The zero-order valence-corrected chi connectivity index (χ0v) is 11.1. The Labute approximate surface area is 104 Å². The van der Waals surface area contributed by atoms with Crippen LogP contribution in [0.3, 0.4) is 0 Å². The lowest BCUT2D eigenvalue weighted by Gasteiger charge is -2.22. The molecule has 0 aliphatic rings. The van der Waals surface area contributed by atoms with Gasteiger partial charge in [-0.2, -0.15) is 0 Å². The predicted octanol–water partition coefficient (Wildman–Crippen LogP) is 2.71. The minimum Gasteiger partial charge on any atom is -0.493 e. The predicted molar refractivity (Wildman–Crippen MR) is 70.7 cm³/mol. The summed E-state index contributed by atoms with van der Waals surface area (Å²) >= 11 is 0. The Bertz CT molecular complexity index is 374. The number of ether oxygens (including phenoxy) is 2. The molecule has 0 spiro atoms. The first-order valence-electron chi connectivity index (χ1n) is 5.69. The fourth-order valence-corrected chi connectivity index (χ4v) is 1.39. The molecule has 0 aliphatic carbocycles. The van der Waals surface area contributed by atoms with Gasteiger partial charge in [0.1, 0.15) is 6.23 Å². The van der Waals surface area contributed by atoms with E-state index in [9.17, 15) is 0 Å². The topological polar surface area (TPSA) is 21.7 Å². The molecular formula is C14H21NO2. The molecule has 0 aromatic heterocycles. The fraction of sp³-hybridized carbons (Fsp3) is 0.429. The van der Waals surface area contributed by atoms with Crippen LogP contribution < -0.4 is 9.47 Å². The highest BCUT2D eigenvalue weighted by atomic mass is 16.5. The molecule has 0 fully saturated rings. The van der Waals surface area contributed by atoms with E-state index in [1.165, 1.54) is 5.56 Å². The van der Waals surface area contributed by atoms with Crippen molar-refractivity contribution in [3.05, 3.63) is 36.4 Å². The van der Waals surface area contributed by atoms with E-state index in [1.807, 2.05) is 50.2 Å². The van der Waals surface area contributed by atoms with Crippen molar-refractivity contribution in [1.29, 1.82) is 0 Å². The molecular weight excluding hydrogens is 214 g/mol. The minimum absolute atomic E-state index is 0.00848. The molecule has 1 aromatic carbocycles. The molecule has 1 rings (SSSR count). The van der Waals surface area contributed by atoms with Crippen molar-refractivity contribution in [2.75, 3.05) is 21.2 Å². The highest BCUT2D eigenvalue weighted by Crippen LogP contribution is 2.29. The smallest absolute Gasteiger partial charge is 0.163 e. The summed E-state index contributed by atoms with van der Waals surface area (Å²) in [6, 6.07) is 5.96. The third kappa shape index (κ3) is 3.79. The van der Waals surface area contributed by atoms with Gasteiger partial charge in [-0.25, -0.2) is 0 Å². The molecule has 1 atom stereocenters. The van der Waals surface area contributed by atoms with Crippen LogP contribution in [0.5, 0.6) is 11.5 Å². The first kappa shape index (κ1) is 13.6. The Balaban J connectivity index is 2.88. The summed E-state index contributed by atoms with van der Waals surface area (Å²) in [6.45, 7) is 5.72. The van der Waals surface area contributed by atoms with Crippen LogP contribution in [0.25, 0.3) is 0 Å². The second-order valence-electron chi connectivity index (χ2n) is 4.16. The number of hydrogen-bond acceptors (Lipinski definition) is 3. The molecule has 0 saturated carbocycles. The molecule has 0 amide bonds. The summed E-state index contributed by atoms with van der Waals surface area (Å²) in [5.41, 5.74) is 1.17. The van der Waals surface area contributed by atoms with Crippen molar-refractivity contribution in [2.24, 2.45) is 0 Å². The van der Waals surface area contributed by atoms with Crippen molar-refractivity contribution in [3.63, 3.8) is 0 Å². The number of benzene rings is 1. The van der Waals surface area contributed by atoms with Gasteiger partial charge < -0.3 is 9.47 Å². The Morgan fingerprint density at radius 2 is 2.06 bits per heavy atom. The van der Waals surface area contributed by atoms with Crippen molar-refractivity contribution in [3.8, 4) is 11.5 Å². The van der Waals surface area contributed by atoms with Gasteiger partial charge in [-0.05, 0) is 45.1 Å². The van der Waals surface area contributed by atoms with Gasteiger partial charge in [0.2, 0.25) is 0 Å². The van der Waals surface area contributed by atoms with Crippen LogP contribution >= 0.6 is 0 Å². The first-order chi connectivity index (χ1) is 8.08. The van der Waals surface area contributed by atoms with Crippen LogP contribution in [0.15, 0.2) is 30.9 Å². The van der Waals surface area contributed by atoms with E-state index >= 15 is 0 Å². The van der Waals surface area contributed by atoms with Gasteiger partial charge >= 0.3 is 0 Å². The van der Waals surface area contributed by atoms with Crippen LogP contribution in [0.2, 0.25) is 0 Å². The lowest BCUT2D eigenvalue weighted by molar-refractivity contribution is 0.0784. The van der Waals surface area contributed by atoms with Gasteiger partial charge in [-0.1, -0.05) is 12.1 Å². The SMILES string of the molecule is C=CCc1ccc(OC(C)N(C)C)c(OC)c1. The van der Waals surface area contributed by atoms with E-state index in [1.54, 1.807) is 7.11 Å². The van der Waals surface area contributed by atoms with E-state index < -0.39 is 0 Å². The van der Waals surface area contributed by atoms with E-state index in [0.29, 0.717) is 0 Å². The van der Waals surface area contributed by atoms with Crippen LogP contribution in [-0.4, -0.2) is 32.3 Å². The van der Waals surface area contributed by atoms with Gasteiger partial charge in [0, 0.05) is 0 Å². The van der Waals surface area contributed by atoms with Gasteiger partial charge in [0.05, 0.1) is 7.11 Å². The highest BCUT2D eigenvalue weighted by molar-refractivity contribution is 5.43. The van der Waals surface area contributed by atoms with Crippen molar-refractivity contribution >= 4 is 0 Å². The quantitative estimate of drug-likeness (QED) is 0.559. The molecule has 0 aliphatic heterocycles. The molecule has 0 heterocycles. The summed E-state index contributed by atoms with van der Waals surface area (Å²) in [4.78, 5) is 2.00.